The molecule has 0 aliphatic carbocycles. The molecule has 0 spiro atoms. The van der Waals surface area contributed by atoms with Crippen molar-refractivity contribution in [3.8, 4) is 0 Å². The fraction of sp³-hybridized carbons (Fsp3) is 0.500. The lowest BCUT2D eigenvalue weighted by atomic mass is 10.2. The van der Waals surface area contributed by atoms with E-state index in [1.54, 1.807) is 18.5 Å². The summed E-state index contributed by atoms with van der Waals surface area (Å²) in [5, 5.41) is 17.4. The van der Waals surface area contributed by atoms with Gasteiger partial charge >= 0.3 is 0 Å². The molecule has 2 N–H and O–H groups in total. The van der Waals surface area contributed by atoms with Crippen molar-refractivity contribution < 1.29 is 19.8 Å². The maximum atomic E-state index is 10.3. The summed E-state index contributed by atoms with van der Waals surface area (Å²) < 4.78 is 0. The van der Waals surface area contributed by atoms with Gasteiger partial charge in [-0.25, -0.2) is 0 Å². The molecular weight excluding hydrogens is 174 g/mol. The van der Waals surface area contributed by atoms with E-state index in [1.807, 2.05) is 0 Å². The van der Waals surface area contributed by atoms with Crippen LogP contribution in [0.1, 0.15) is 0 Å². The van der Waals surface area contributed by atoms with E-state index >= 15 is 0 Å². The van der Waals surface area contributed by atoms with Crippen molar-refractivity contribution in [2.75, 3.05) is 0 Å². The van der Waals surface area contributed by atoms with Gasteiger partial charge in [0.2, 0.25) is 0 Å². The number of hydrogen-bond acceptors (Lipinski definition) is 4. The lowest BCUT2D eigenvalue weighted by Gasteiger charge is -2.10. The molecule has 0 saturated heterocycles. The van der Waals surface area contributed by atoms with Crippen LogP contribution in [0.25, 0.3) is 0 Å². The van der Waals surface area contributed by atoms with Crippen LogP contribution in [-0.2, 0) is 9.59 Å². The predicted octanol–water partition coefficient (Wildman–Crippen LogP) is -1.49. The van der Waals surface area contributed by atoms with Gasteiger partial charge < -0.3 is 10.2 Å². The maximum absolute atomic E-state index is 10.3. The largest absolute Gasteiger partial charge is 0.382 e. The summed E-state index contributed by atoms with van der Waals surface area (Å²) in [6.07, 6.45) is -3.26. The van der Waals surface area contributed by atoms with Gasteiger partial charge in [-0.2, -0.15) is 0 Å². The number of rotatable bonds is 3. The third kappa shape index (κ3) is 2.80. The summed E-state index contributed by atoms with van der Waals surface area (Å²) in [6, 6.07) is 0. The molecule has 0 aromatic carbocycles. The summed E-state index contributed by atoms with van der Waals surface area (Å²) in [5.41, 5.74) is -1.41. The number of aliphatic hydroxyl groups is 2. The zero-order valence-corrected chi connectivity index (χ0v) is 7.33. The Labute approximate surface area is 62.4 Å². The zero-order valence-electron chi connectivity index (χ0n) is 5.02. The monoisotopic (exact) mass is 182 g/mol. The van der Waals surface area contributed by atoms with Crippen molar-refractivity contribution in [2.45, 2.75) is 12.2 Å². The molecule has 58 valence electrons. The Balaban J connectivity index is 4.07. The van der Waals surface area contributed by atoms with Crippen molar-refractivity contribution in [2.24, 2.45) is 0 Å². The minimum absolute atomic E-state index is 0.705. The van der Waals surface area contributed by atoms with Crippen LogP contribution in [0.3, 0.4) is 0 Å². The van der Waals surface area contributed by atoms with Crippen LogP contribution in [0, 0.1) is 0 Å². The third-order valence-corrected chi connectivity index (χ3v) is 1.57. The van der Waals surface area contributed by atoms with Gasteiger partial charge in [0.05, 0.1) is 0 Å². The minimum Gasteiger partial charge on any atom is -0.382 e. The molecule has 0 bridgehead atoms. The van der Waals surface area contributed by atoms with Crippen molar-refractivity contribution in [3.05, 3.63) is 0 Å². The summed E-state index contributed by atoms with van der Waals surface area (Å²) in [7, 11) is 3.35. The van der Waals surface area contributed by atoms with E-state index in [4.69, 9.17) is 10.2 Å². The molecule has 6 heteroatoms. The van der Waals surface area contributed by atoms with Crippen LogP contribution in [0.5, 0.6) is 0 Å². The van der Waals surface area contributed by atoms with E-state index < -0.39 is 23.3 Å². The molecule has 0 aromatic rings. The highest BCUT2D eigenvalue weighted by Gasteiger charge is 2.24. The molecule has 0 rings (SSSR count). The molecule has 0 aromatic heterocycles. The van der Waals surface area contributed by atoms with E-state index in [0.717, 1.165) is 0 Å². The normalized spacial score (nSPS) is 16.0. The molecular formula is C4H8O4P2. The second kappa shape index (κ2) is 4.09. The lowest BCUT2D eigenvalue weighted by molar-refractivity contribution is -0.133. The molecule has 0 fully saturated rings. The Morgan fingerprint density at radius 1 is 1.00 bits per heavy atom. The molecule has 0 aliphatic rings. The maximum Gasteiger partial charge on any atom is 0.179 e. The van der Waals surface area contributed by atoms with Gasteiger partial charge in [0, 0.05) is 0 Å². The highest BCUT2D eigenvalue weighted by Crippen LogP contribution is 2.04. The highest BCUT2D eigenvalue weighted by molar-refractivity contribution is 7.41. The Kier molecular flexibility index (Phi) is 4.14. The summed E-state index contributed by atoms with van der Waals surface area (Å²) >= 11 is 0. The highest BCUT2D eigenvalue weighted by atomic mass is 31.0. The molecule has 4 nitrogen and oxygen atoms in total. The molecule has 0 heterocycles. The molecule has 4 unspecified atom stereocenters. The summed E-state index contributed by atoms with van der Waals surface area (Å²) in [6.45, 7) is 0. The summed E-state index contributed by atoms with van der Waals surface area (Å²) in [5.74, 6) is 0. The van der Waals surface area contributed by atoms with Gasteiger partial charge in [0.15, 0.2) is 11.0 Å². The smallest absolute Gasteiger partial charge is 0.179 e. The van der Waals surface area contributed by atoms with Crippen molar-refractivity contribution in [1.29, 1.82) is 0 Å². The number of hydrogen-bond donors (Lipinski definition) is 2. The molecule has 0 saturated carbocycles. The predicted molar refractivity (Wildman–Crippen MR) is 41.4 cm³/mol. The standard InChI is InChI=1S/C4H8O4P2/c5-1(3(7)9)2(6)4(8)10/h1-2,5-6H,9-10H2. The van der Waals surface area contributed by atoms with Crippen LogP contribution in [0.2, 0.25) is 0 Å². The van der Waals surface area contributed by atoms with Crippen LogP contribution in [0.4, 0.5) is 0 Å². The van der Waals surface area contributed by atoms with Gasteiger partial charge in [-0.1, -0.05) is 18.5 Å². The Morgan fingerprint density at radius 2 is 1.20 bits per heavy atom. The Morgan fingerprint density at radius 3 is 1.30 bits per heavy atom. The lowest BCUT2D eigenvalue weighted by Crippen LogP contribution is -2.34. The van der Waals surface area contributed by atoms with Crippen LogP contribution in [-0.4, -0.2) is 33.5 Å². The number of aliphatic hydroxyl groups excluding tert-OH is 2. The van der Waals surface area contributed by atoms with E-state index in [1.165, 1.54) is 0 Å². The minimum atomic E-state index is -1.63. The molecule has 10 heavy (non-hydrogen) atoms. The first-order valence-electron chi connectivity index (χ1n) is 2.41. The molecule has 0 radical (unpaired) electrons. The molecule has 0 aliphatic heterocycles. The molecule has 0 amide bonds. The van der Waals surface area contributed by atoms with E-state index in [9.17, 15) is 9.59 Å². The van der Waals surface area contributed by atoms with Gasteiger partial charge in [-0.3, -0.25) is 9.59 Å². The van der Waals surface area contributed by atoms with E-state index in [2.05, 4.69) is 0 Å². The third-order valence-electron chi connectivity index (χ3n) is 0.882. The van der Waals surface area contributed by atoms with Crippen LogP contribution >= 0.6 is 18.5 Å². The van der Waals surface area contributed by atoms with Crippen molar-refractivity contribution >= 4 is 29.5 Å². The first-order valence-corrected chi connectivity index (χ1v) is 3.57. The van der Waals surface area contributed by atoms with Gasteiger partial charge in [0.25, 0.3) is 0 Å². The van der Waals surface area contributed by atoms with E-state index in [-0.39, 0.29) is 0 Å². The fourth-order valence-electron chi connectivity index (χ4n) is 0.311. The van der Waals surface area contributed by atoms with Gasteiger partial charge in [0.1, 0.15) is 12.2 Å². The first kappa shape index (κ1) is 10.1. The van der Waals surface area contributed by atoms with Gasteiger partial charge in [-0.05, 0) is 0 Å². The number of carbonyl (C=O) groups excluding carboxylic acids is 2. The first-order chi connectivity index (χ1) is 4.46. The average molecular weight is 182 g/mol. The van der Waals surface area contributed by atoms with Gasteiger partial charge in [-0.15, -0.1) is 0 Å². The zero-order chi connectivity index (χ0) is 8.31. The van der Waals surface area contributed by atoms with Crippen LogP contribution in [0.15, 0.2) is 0 Å². The average Bonchev–Trinajstić information content (AvgIpc) is 1.84. The second-order valence-electron chi connectivity index (χ2n) is 1.69. The van der Waals surface area contributed by atoms with Crippen molar-refractivity contribution in [3.63, 3.8) is 0 Å². The Bertz CT molecular complexity index is 139. The SMILES string of the molecule is O=C(P)C(O)C(O)C(=O)P. The quantitative estimate of drug-likeness (QED) is 0.521. The number of carbonyl (C=O) groups is 2. The fourth-order valence-corrected chi connectivity index (χ4v) is 0.676. The van der Waals surface area contributed by atoms with Crippen molar-refractivity contribution in [1.82, 2.24) is 0 Å². The van der Waals surface area contributed by atoms with E-state index in [0.29, 0.717) is 0 Å². The molecule has 4 atom stereocenters. The van der Waals surface area contributed by atoms with Crippen LogP contribution < -0.4 is 0 Å². The second-order valence-corrected chi connectivity index (χ2v) is 2.83. The Hall–Kier alpha value is 0.120. The topological polar surface area (TPSA) is 74.6 Å². The summed E-state index contributed by atoms with van der Waals surface area (Å²) in [4.78, 5) is 20.6.